The summed E-state index contributed by atoms with van der Waals surface area (Å²) in [6.45, 7) is 9.36. The predicted molar refractivity (Wildman–Crippen MR) is 171 cm³/mol. The standard InChI is InChI=1S/C37H49FO5/c1-5-7-8-9-10-12-27-14-16-28(17-15-27)29-18-19-32(33(38)22-29)31-21-30(13-11-20-39)35(34(40)23-31)41-24-37(6-2)25-42-36(3,4)43-26-37/h14-19,21-23,39-40H,5-13,20,24-26H2,1-4H3. The van der Waals surface area contributed by atoms with Gasteiger partial charge in [0.25, 0.3) is 0 Å². The SMILES string of the molecule is CCCCCCCc1ccc(-c2ccc(-c3cc(O)c(OCC4(CC)COC(C)(C)OC4)c(CCCO)c3)c(F)c2)cc1. The van der Waals surface area contributed by atoms with E-state index in [2.05, 4.69) is 38.1 Å². The number of benzene rings is 3. The summed E-state index contributed by atoms with van der Waals surface area (Å²) in [4.78, 5) is 0. The molecule has 234 valence electrons. The molecule has 4 rings (SSSR count). The second-order valence-electron chi connectivity index (χ2n) is 12.5. The first-order chi connectivity index (χ1) is 20.7. The van der Waals surface area contributed by atoms with E-state index in [0.29, 0.717) is 49.5 Å². The van der Waals surface area contributed by atoms with Crippen molar-refractivity contribution in [3.8, 4) is 33.8 Å². The van der Waals surface area contributed by atoms with Gasteiger partial charge in [-0.25, -0.2) is 4.39 Å². The van der Waals surface area contributed by atoms with E-state index in [1.54, 1.807) is 18.2 Å². The average Bonchev–Trinajstić information content (AvgIpc) is 3.00. The molecule has 0 radical (unpaired) electrons. The minimum absolute atomic E-state index is 0.000789. The topological polar surface area (TPSA) is 68.2 Å². The highest BCUT2D eigenvalue weighted by atomic mass is 19.1. The van der Waals surface area contributed by atoms with E-state index in [1.165, 1.54) is 37.7 Å². The fourth-order valence-corrected chi connectivity index (χ4v) is 5.53. The number of ether oxygens (including phenoxy) is 3. The van der Waals surface area contributed by atoms with E-state index < -0.39 is 5.79 Å². The molecule has 0 saturated carbocycles. The van der Waals surface area contributed by atoms with Crippen LogP contribution < -0.4 is 4.74 Å². The van der Waals surface area contributed by atoms with Crippen LogP contribution >= 0.6 is 0 Å². The molecule has 1 saturated heterocycles. The van der Waals surface area contributed by atoms with Crippen LogP contribution in [0.3, 0.4) is 0 Å². The molecule has 0 unspecified atom stereocenters. The number of aryl methyl sites for hydroxylation is 2. The number of aromatic hydroxyl groups is 1. The second kappa shape index (κ2) is 15.2. The third kappa shape index (κ3) is 8.81. The normalized spacial score (nSPS) is 15.9. The number of hydrogen-bond acceptors (Lipinski definition) is 5. The molecule has 1 aliphatic heterocycles. The molecular weight excluding hydrogens is 543 g/mol. The Balaban J connectivity index is 1.50. The maximum absolute atomic E-state index is 15.6. The van der Waals surface area contributed by atoms with Gasteiger partial charge in [0.15, 0.2) is 17.3 Å². The van der Waals surface area contributed by atoms with E-state index in [9.17, 15) is 10.2 Å². The second-order valence-corrected chi connectivity index (χ2v) is 12.5. The highest BCUT2D eigenvalue weighted by Gasteiger charge is 2.40. The van der Waals surface area contributed by atoms with Crippen LogP contribution in [0.1, 0.15) is 83.8 Å². The van der Waals surface area contributed by atoms with Gasteiger partial charge in [0.05, 0.1) is 25.2 Å². The first kappa shape index (κ1) is 33.0. The smallest absolute Gasteiger partial charge is 0.164 e. The molecule has 3 aromatic rings. The molecule has 0 bridgehead atoms. The number of aliphatic hydroxyl groups is 1. The summed E-state index contributed by atoms with van der Waals surface area (Å²) in [7, 11) is 0. The van der Waals surface area contributed by atoms with Gasteiger partial charge in [0, 0.05) is 12.2 Å². The Hall–Kier alpha value is -2.93. The Bertz CT molecular complexity index is 1310. The number of aliphatic hydroxyl groups excluding tert-OH is 1. The number of phenolic OH excluding ortho intramolecular Hbond substituents is 1. The van der Waals surface area contributed by atoms with Crippen molar-refractivity contribution in [1.29, 1.82) is 0 Å². The van der Waals surface area contributed by atoms with Crippen molar-refractivity contribution in [3.05, 3.63) is 71.5 Å². The van der Waals surface area contributed by atoms with Gasteiger partial charge in [-0.05, 0) is 92.0 Å². The third-order valence-corrected chi connectivity index (χ3v) is 8.61. The summed E-state index contributed by atoms with van der Waals surface area (Å²) in [5.74, 6) is -0.686. The molecule has 0 aromatic heterocycles. The summed E-state index contributed by atoms with van der Waals surface area (Å²) in [5, 5.41) is 20.6. The molecule has 5 nitrogen and oxygen atoms in total. The number of halogens is 1. The Labute approximate surface area is 257 Å². The minimum Gasteiger partial charge on any atom is -0.504 e. The molecular formula is C37H49FO5. The van der Waals surface area contributed by atoms with Crippen LogP contribution in [-0.4, -0.2) is 42.4 Å². The van der Waals surface area contributed by atoms with Crippen LogP contribution in [0, 0.1) is 11.2 Å². The van der Waals surface area contributed by atoms with Gasteiger partial charge in [0.1, 0.15) is 5.82 Å². The summed E-state index contributed by atoms with van der Waals surface area (Å²) in [5.41, 5.74) is 4.44. The molecule has 1 heterocycles. The molecule has 2 N–H and O–H groups in total. The van der Waals surface area contributed by atoms with Gasteiger partial charge in [-0.3, -0.25) is 0 Å². The lowest BCUT2D eigenvalue weighted by molar-refractivity contribution is -0.289. The zero-order valence-corrected chi connectivity index (χ0v) is 26.4. The van der Waals surface area contributed by atoms with Gasteiger partial charge in [-0.15, -0.1) is 0 Å². The molecule has 0 aliphatic carbocycles. The molecule has 0 spiro atoms. The van der Waals surface area contributed by atoms with Crippen LogP contribution in [0.2, 0.25) is 0 Å². The highest BCUT2D eigenvalue weighted by molar-refractivity contribution is 5.73. The number of phenols is 1. The van der Waals surface area contributed by atoms with Crippen molar-refractivity contribution in [2.24, 2.45) is 5.41 Å². The summed E-state index contributed by atoms with van der Waals surface area (Å²) >= 11 is 0. The third-order valence-electron chi connectivity index (χ3n) is 8.61. The Morgan fingerprint density at radius 3 is 2.16 bits per heavy atom. The lowest BCUT2D eigenvalue weighted by Crippen LogP contribution is -2.49. The summed E-state index contributed by atoms with van der Waals surface area (Å²) < 4.78 is 33.6. The van der Waals surface area contributed by atoms with Crippen molar-refractivity contribution in [1.82, 2.24) is 0 Å². The predicted octanol–water partition coefficient (Wildman–Crippen LogP) is 8.86. The van der Waals surface area contributed by atoms with Crippen molar-refractivity contribution in [3.63, 3.8) is 0 Å². The van der Waals surface area contributed by atoms with Crippen LogP contribution in [-0.2, 0) is 22.3 Å². The van der Waals surface area contributed by atoms with Crippen molar-refractivity contribution >= 4 is 0 Å². The van der Waals surface area contributed by atoms with Crippen LogP contribution in [0.15, 0.2) is 54.6 Å². The van der Waals surface area contributed by atoms with Crippen LogP contribution in [0.4, 0.5) is 4.39 Å². The first-order valence-electron chi connectivity index (χ1n) is 16.0. The number of unbranched alkanes of at least 4 members (excludes halogenated alkanes) is 4. The van der Waals surface area contributed by atoms with Crippen molar-refractivity contribution in [2.45, 2.75) is 91.3 Å². The van der Waals surface area contributed by atoms with E-state index in [-0.39, 0.29) is 23.6 Å². The molecule has 3 aromatic carbocycles. The first-order valence-corrected chi connectivity index (χ1v) is 16.0. The Morgan fingerprint density at radius 1 is 0.814 bits per heavy atom. The average molecular weight is 593 g/mol. The van der Waals surface area contributed by atoms with Gasteiger partial charge in [-0.1, -0.05) is 75.9 Å². The molecule has 43 heavy (non-hydrogen) atoms. The maximum Gasteiger partial charge on any atom is 0.164 e. The number of rotatable bonds is 15. The van der Waals surface area contributed by atoms with E-state index in [0.717, 1.165) is 29.5 Å². The molecule has 1 fully saturated rings. The zero-order chi connectivity index (χ0) is 30.9. The van der Waals surface area contributed by atoms with E-state index >= 15 is 4.39 Å². The molecule has 6 heteroatoms. The molecule has 0 amide bonds. The minimum atomic E-state index is -0.634. The summed E-state index contributed by atoms with van der Waals surface area (Å²) in [6.07, 6.45) is 9.12. The monoisotopic (exact) mass is 592 g/mol. The quantitative estimate of drug-likeness (QED) is 0.173. The summed E-state index contributed by atoms with van der Waals surface area (Å²) in [6, 6.07) is 17.1. The van der Waals surface area contributed by atoms with Crippen molar-refractivity contribution < 1.29 is 28.8 Å². The van der Waals surface area contributed by atoms with Crippen LogP contribution in [0.25, 0.3) is 22.3 Å². The largest absolute Gasteiger partial charge is 0.504 e. The molecule has 0 atom stereocenters. The maximum atomic E-state index is 15.6. The zero-order valence-electron chi connectivity index (χ0n) is 26.4. The fraction of sp³-hybridized carbons (Fsp3) is 0.514. The lowest BCUT2D eigenvalue weighted by atomic mass is 9.87. The van der Waals surface area contributed by atoms with Gasteiger partial charge < -0.3 is 24.4 Å². The van der Waals surface area contributed by atoms with Gasteiger partial charge >= 0.3 is 0 Å². The van der Waals surface area contributed by atoms with Crippen LogP contribution in [0.5, 0.6) is 11.5 Å². The lowest BCUT2D eigenvalue weighted by Gasteiger charge is -2.42. The fourth-order valence-electron chi connectivity index (χ4n) is 5.53. The Morgan fingerprint density at radius 2 is 1.51 bits per heavy atom. The van der Waals surface area contributed by atoms with Crippen molar-refractivity contribution in [2.75, 3.05) is 26.4 Å². The van der Waals surface area contributed by atoms with Gasteiger partial charge in [-0.2, -0.15) is 0 Å². The van der Waals surface area contributed by atoms with E-state index in [4.69, 9.17) is 14.2 Å². The van der Waals surface area contributed by atoms with Gasteiger partial charge in [0.2, 0.25) is 0 Å². The van der Waals surface area contributed by atoms with E-state index in [1.807, 2.05) is 26.0 Å². The Kier molecular flexibility index (Phi) is 11.6. The molecule has 1 aliphatic rings. The number of hydrogen-bond donors (Lipinski definition) is 2. The highest BCUT2D eigenvalue weighted by Crippen LogP contribution is 2.40.